The normalized spacial score (nSPS) is 20.3. The number of halogens is 2. The van der Waals surface area contributed by atoms with Gasteiger partial charge in [-0.1, -0.05) is 0 Å². The molecular formula is C29H34F2N6O2. The number of amides is 1. The number of benzene rings is 2. The predicted octanol–water partition coefficient (Wildman–Crippen LogP) is 4.35. The zero-order valence-electron chi connectivity index (χ0n) is 22.7. The van der Waals surface area contributed by atoms with E-state index in [1.54, 1.807) is 25.4 Å². The molecule has 0 saturated carbocycles. The zero-order valence-corrected chi connectivity index (χ0v) is 22.7. The molecule has 0 bridgehead atoms. The third kappa shape index (κ3) is 5.72. The SMILES string of the molecule is Cc1cc(C(=O)Nc2cc(-c3cnc(N4CCOCC4)nc3)c(F)cc2N2CC(C)N(C)[C@@H](C)C2)ccc1F. The largest absolute Gasteiger partial charge is 0.378 e. The molecule has 2 atom stereocenters. The van der Waals surface area contributed by atoms with Crippen LogP contribution in [-0.4, -0.2) is 79.3 Å². The summed E-state index contributed by atoms with van der Waals surface area (Å²) in [6.45, 7) is 9.84. The number of ether oxygens (including phenoxy) is 1. The van der Waals surface area contributed by atoms with Gasteiger partial charge in [-0.2, -0.15) is 0 Å². The molecule has 0 aliphatic carbocycles. The van der Waals surface area contributed by atoms with Crippen LogP contribution >= 0.6 is 0 Å². The Morgan fingerprint density at radius 2 is 1.64 bits per heavy atom. The van der Waals surface area contributed by atoms with Crippen molar-refractivity contribution in [3.63, 3.8) is 0 Å². The van der Waals surface area contributed by atoms with Gasteiger partial charge in [0.2, 0.25) is 5.95 Å². The standard InChI is InChI=1S/C29H34F2N6O2/c1-18-11-21(5-6-24(18)30)28(38)34-26-12-23(22-14-32-29(33-15-22)36-7-9-39-10-8-36)25(31)13-27(26)37-16-19(2)35(4)20(3)17-37/h5-6,11-15,19-20H,7-10,16-17H2,1-4H3,(H,34,38)/t19-,20?/m0/s1. The second-order valence-electron chi connectivity index (χ2n) is 10.4. The Hall–Kier alpha value is -3.63. The van der Waals surface area contributed by atoms with E-state index in [1.807, 2.05) is 4.90 Å². The van der Waals surface area contributed by atoms with Gasteiger partial charge in [0.05, 0.1) is 24.6 Å². The lowest BCUT2D eigenvalue weighted by Crippen LogP contribution is -2.55. The second kappa shape index (κ2) is 11.2. The average molecular weight is 537 g/mol. The topological polar surface area (TPSA) is 73.8 Å². The van der Waals surface area contributed by atoms with Gasteiger partial charge in [-0.15, -0.1) is 0 Å². The number of nitrogens with one attached hydrogen (secondary N) is 1. The summed E-state index contributed by atoms with van der Waals surface area (Å²) in [6, 6.07) is 7.81. The van der Waals surface area contributed by atoms with Crippen LogP contribution in [0.25, 0.3) is 11.1 Å². The van der Waals surface area contributed by atoms with Crippen molar-refractivity contribution in [1.29, 1.82) is 0 Å². The molecule has 0 radical (unpaired) electrons. The Balaban J connectivity index is 1.50. The molecule has 2 fully saturated rings. The predicted molar refractivity (Wildman–Crippen MR) is 148 cm³/mol. The summed E-state index contributed by atoms with van der Waals surface area (Å²) >= 11 is 0. The van der Waals surface area contributed by atoms with Crippen LogP contribution in [0.15, 0.2) is 42.7 Å². The lowest BCUT2D eigenvalue weighted by molar-refractivity contribution is 0.102. The van der Waals surface area contributed by atoms with Crippen LogP contribution in [0.2, 0.25) is 0 Å². The van der Waals surface area contributed by atoms with Gasteiger partial charge >= 0.3 is 0 Å². The van der Waals surface area contributed by atoms with Crippen molar-refractivity contribution in [3.8, 4) is 11.1 Å². The van der Waals surface area contributed by atoms with Crippen LogP contribution < -0.4 is 15.1 Å². The smallest absolute Gasteiger partial charge is 0.255 e. The highest BCUT2D eigenvalue weighted by molar-refractivity contribution is 6.06. The Labute approximate surface area is 227 Å². The molecule has 2 aliphatic rings. The monoisotopic (exact) mass is 536 g/mol. The van der Waals surface area contributed by atoms with E-state index in [0.717, 1.165) is 0 Å². The Kier molecular flexibility index (Phi) is 7.76. The number of aromatic nitrogens is 2. The first kappa shape index (κ1) is 27.0. The third-order valence-corrected chi connectivity index (χ3v) is 7.70. The molecule has 1 amide bonds. The first-order valence-corrected chi connectivity index (χ1v) is 13.2. The van der Waals surface area contributed by atoms with E-state index >= 15 is 4.39 Å². The van der Waals surface area contributed by atoms with Crippen molar-refractivity contribution in [2.45, 2.75) is 32.9 Å². The van der Waals surface area contributed by atoms with Crippen molar-refractivity contribution in [2.24, 2.45) is 0 Å². The molecule has 5 rings (SSSR count). The van der Waals surface area contributed by atoms with Gasteiger partial charge in [-0.25, -0.2) is 18.7 Å². The molecule has 1 aromatic heterocycles. The minimum atomic E-state index is -0.428. The number of piperazine rings is 1. The van der Waals surface area contributed by atoms with E-state index in [9.17, 15) is 9.18 Å². The molecule has 1 N–H and O–H groups in total. The highest BCUT2D eigenvalue weighted by Crippen LogP contribution is 2.36. The molecule has 2 saturated heterocycles. The Morgan fingerprint density at radius 1 is 0.974 bits per heavy atom. The molecule has 8 nitrogen and oxygen atoms in total. The number of morpholine rings is 1. The molecule has 2 aliphatic heterocycles. The lowest BCUT2D eigenvalue weighted by Gasteiger charge is -2.44. The number of hydrogen-bond donors (Lipinski definition) is 1. The van der Waals surface area contributed by atoms with Crippen LogP contribution in [0.1, 0.15) is 29.8 Å². The number of nitrogens with zero attached hydrogens (tertiary/aromatic N) is 5. The summed E-state index contributed by atoms with van der Waals surface area (Å²) in [4.78, 5) is 28.6. The fourth-order valence-corrected chi connectivity index (χ4v) is 5.11. The van der Waals surface area contributed by atoms with Crippen molar-refractivity contribution in [2.75, 3.05) is 61.6 Å². The number of aryl methyl sites for hydroxylation is 1. The first-order valence-electron chi connectivity index (χ1n) is 13.2. The zero-order chi connectivity index (χ0) is 27.7. The molecule has 3 heterocycles. The molecule has 0 spiro atoms. The van der Waals surface area contributed by atoms with Crippen molar-refractivity contribution < 1.29 is 18.3 Å². The van der Waals surface area contributed by atoms with Crippen LogP contribution in [0.5, 0.6) is 0 Å². The quantitative estimate of drug-likeness (QED) is 0.520. The molecule has 2 aromatic carbocycles. The third-order valence-electron chi connectivity index (χ3n) is 7.70. The van der Waals surface area contributed by atoms with E-state index < -0.39 is 11.7 Å². The van der Waals surface area contributed by atoms with Crippen LogP contribution in [0.4, 0.5) is 26.1 Å². The van der Waals surface area contributed by atoms with E-state index in [1.165, 1.54) is 24.3 Å². The molecule has 206 valence electrons. The lowest BCUT2D eigenvalue weighted by atomic mass is 10.0. The van der Waals surface area contributed by atoms with E-state index in [-0.39, 0.29) is 23.5 Å². The number of carbonyl (C=O) groups is 1. The van der Waals surface area contributed by atoms with Crippen LogP contribution in [0.3, 0.4) is 0 Å². The number of likely N-dealkylation sites (N-methyl/N-ethyl adjacent to an activating group) is 1. The van der Waals surface area contributed by atoms with Gasteiger partial charge in [0.1, 0.15) is 11.6 Å². The average Bonchev–Trinajstić information content (AvgIpc) is 2.94. The first-order chi connectivity index (χ1) is 18.7. The highest BCUT2D eigenvalue weighted by atomic mass is 19.1. The molecule has 39 heavy (non-hydrogen) atoms. The van der Waals surface area contributed by atoms with E-state index in [4.69, 9.17) is 4.74 Å². The summed E-state index contributed by atoms with van der Waals surface area (Å²) in [7, 11) is 2.08. The minimum absolute atomic E-state index is 0.237. The highest BCUT2D eigenvalue weighted by Gasteiger charge is 2.29. The van der Waals surface area contributed by atoms with E-state index in [2.05, 4.69) is 46.0 Å². The summed E-state index contributed by atoms with van der Waals surface area (Å²) < 4.78 is 34.9. The molecule has 1 unspecified atom stereocenters. The van der Waals surface area contributed by atoms with Gasteiger partial charge in [-0.05, 0) is 63.7 Å². The van der Waals surface area contributed by atoms with Gasteiger partial charge in [0.15, 0.2) is 0 Å². The number of rotatable bonds is 5. The minimum Gasteiger partial charge on any atom is -0.378 e. The second-order valence-corrected chi connectivity index (χ2v) is 10.4. The van der Waals surface area contributed by atoms with Crippen molar-refractivity contribution in [3.05, 3.63) is 65.5 Å². The fraction of sp³-hybridized carbons (Fsp3) is 0.414. The molecular weight excluding hydrogens is 502 g/mol. The number of carbonyl (C=O) groups excluding carboxylic acids is 1. The molecule has 3 aromatic rings. The summed E-state index contributed by atoms with van der Waals surface area (Å²) in [5.74, 6) is -0.634. The van der Waals surface area contributed by atoms with Gasteiger partial charge in [-0.3, -0.25) is 9.69 Å². The maximum Gasteiger partial charge on any atom is 0.255 e. The van der Waals surface area contributed by atoms with Crippen LogP contribution in [-0.2, 0) is 4.74 Å². The summed E-state index contributed by atoms with van der Waals surface area (Å²) in [5, 5.41) is 2.97. The number of anilines is 3. The summed E-state index contributed by atoms with van der Waals surface area (Å²) in [5.41, 5.74) is 2.56. The summed E-state index contributed by atoms with van der Waals surface area (Å²) in [6.07, 6.45) is 3.20. The van der Waals surface area contributed by atoms with E-state index in [0.29, 0.717) is 73.4 Å². The fourth-order valence-electron chi connectivity index (χ4n) is 5.11. The maximum atomic E-state index is 15.7. The molecule has 10 heteroatoms. The van der Waals surface area contributed by atoms with Crippen molar-refractivity contribution in [1.82, 2.24) is 14.9 Å². The Bertz CT molecular complexity index is 1330. The van der Waals surface area contributed by atoms with Crippen LogP contribution in [0, 0.1) is 18.6 Å². The van der Waals surface area contributed by atoms with Gasteiger partial charge < -0.3 is 19.9 Å². The maximum absolute atomic E-state index is 15.7. The van der Waals surface area contributed by atoms with Gasteiger partial charge in [0, 0.05) is 67.3 Å². The van der Waals surface area contributed by atoms with Gasteiger partial charge in [0.25, 0.3) is 5.91 Å². The number of hydrogen-bond acceptors (Lipinski definition) is 7. The Morgan fingerprint density at radius 3 is 2.28 bits per heavy atom. The van der Waals surface area contributed by atoms with Crippen molar-refractivity contribution >= 4 is 23.2 Å².